The van der Waals surface area contributed by atoms with Crippen molar-refractivity contribution in [3.8, 4) is 17.7 Å². The number of nitrogens with one attached hydrogen (secondary N) is 1. The van der Waals surface area contributed by atoms with Crippen LogP contribution in [0, 0.1) is 25.2 Å². The molecule has 2 heterocycles. The highest BCUT2D eigenvalue weighted by atomic mass is 16.6. The van der Waals surface area contributed by atoms with Gasteiger partial charge in [-0.15, -0.1) is 0 Å². The van der Waals surface area contributed by atoms with Crippen LogP contribution in [0.2, 0.25) is 0 Å². The molecule has 1 amide bonds. The average molecular weight is 472 g/mol. The minimum atomic E-state index is -0.581. The van der Waals surface area contributed by atoms with Crippen LogP contribution < -0.4 is 10.1 Å². The Balaban J connectivity index is 1.70. The van der Waals surface area contributed by atoms with E-state index >= 15 is 0 Å². The van der Waals surface area contributed by atoms with E-state index in [1.54, 1.807) is 29.2 Å². The Kier molecular flexibility index (Phi) is 6.61. The molecule has 4 rings (SSSR count). The Morgan fingerprint density at radius 3 is 2.40 bits per heavy atom. The Labute approximate surface area is 205 Å². The Morgan fingerprint density at radius 2 is 1.77 bits per heavy atom. The van der Waals surface area contributed by atoms with E-state index in [1.165, 1.54) is 0 Å². The van der Waals surface area contributed by atoms with Crippen molar-refractivity contribution in [2.75, 3.05) is 11.9 Å². The molecule has 0 radical (unpaired) electrons. The van der Waals surface area contributed by atoms with Crippen LogP contribution in [0.25, 0.3) is 0 Å². The Hall–Kier alpha value is -4.12. The molecule has 0 saturated carbocycles. The highest BCUT2D eigenvalue weighted by Crippen LogP contribution is 2.34. The van der Waals surface area contributed by atoms with Gasteiger partial charge >= 0.3 is 6.09 Å². The van der Waals surface area contributed by atoms with Crippen LogP contribution in [0.15, 0.2) is 42.5 Å². The van der Waals surface area contributed by atoms with Crippen LogP contribution in [0.1, 0.15) is 48.7 Å². The smallest absolute Gasteiger partial charge is 0.410 e. The van der Waals surface area contributed by atoms with Gasteiger partial charge in [-0.05, 0) is 76.4 Å². The predicted molar refractivity (Wildman–Crippen MR) is 133 cm³/mol. The highest BCUT2D eigenvalue weighted by Gasteiger charge is 2.29. The van der Waals surface area contributed by atoms with Gasteiger partial charge in [-0.3, -0.25) is 0 Å². The number of para-hydroxylation sites is 1. The van der Waals surface area contributed by atoms with Gasteiger partial charge < -0.3 is 19.7 Å². The van der Waals surface area contributed by atoms with E-state index in [1.807, 2.05) is 52.8 Å². The van der Waals surface area contributed by atoms with E-state index in [0.717, 1.165) is 28.1 Å². The first-order chi connectivity index (χ1) is 16.6. The van der Waals surface area contributed by atoms with Gasteiger partial charge in [0.05, 0.1) is 23.9 Å². The molecule has 2 aromatic carbocycles. The maximum absolute atomic E-state index is 12.7. The lowest BCUT2D eigenvalue weighted by atomic mass is 10.1. The van der Waals surface area contributed by atoms with Crippen molar-refractivity contribution in [3.05, 3.63) is 70.4 Å². The second-order valence-corrected chi connectivity index (χ2v) is 9.57. The van der Waals surface area contributed by atoms with Gasteiger partial charge in [0.15, 0.2) is 0 Å². The summed E-state index contributed by atoms with van der Waals surface area (Å²) in [6.07, 6.45) is 0.173. The molecule has 1 aliphatic rings. The van der Waals surface area contributed by atoms with Crippen LogP contribution in [0.5, 0.6) is 11.6 Å². The minimum absolute atomic E-state index is 0.290. The van der Waals surface area contributed by atoms with Crippen LogP contribution >= 0.6 is 0 Å². The molecule has 3 aromatic rings. The summed E-state index contributed by atoms with van der Waals surface area (Å²) in [4.78, 5) is 23.8. The second-order valence-electron chi connectivity index (χ2n) is 9.57. The molecular formula is C27H29N5O3. The van der Waals surface area contributed by atoms with Crippen LogP contribution in [-0.2, 0) is 17.7 Å². The van der Waals surface area contributed by atoms with Gasteiger partial charge in [-0.1, -0.05) is 18.2 Å². The van der Waals surface area contributed by atoms with Gasteiger partial charge in [0.1, 0.15) is 11.4 Å². The molecule has 0 atom stereocenters. The lowest BCUT2D eigenvalue weighted by Crippen LogP contribution is -2.40. The largest absolute Gasteiger partial charge is 0.444 e. The van der Waals surface area contributed by atoms with E-state index in [4.69, 9.17) is 19.7 Å². The van der Waals surface area contributed by atoms with Crippen molar-refractivity contribution in [2.24, 2.45) is 0 Å². The molecule has 1 N–H and O–H groups in total. The number of rotatable bonds is 4. The van der Waals surface area contributed by atoms with E-state index < -0.39 is 5.60 Å². The molecule has 180 valence electrons. The number of hydrogen-bond donors (Lipinski definition) is 1. The molecule has 35 heavy (non-hydrogen) atoms. The quantitative estimate of drug-likeness (QED) is 0.514. The van der Waals surface area contributed by atoms with Gasteiger partial charge in [0.2, 0.25) is 11.8 Å². The van der Waals surface area contributed by atoms with E-state index in [9.17, 15) is 4.79 Å². The molecule has 0 bridgehead atoms. The molecule has 0 aliphatic carbocycles. The first kappa shape index (κ1) is 24.0. The summed E-state index contributed by atoms with van der Waals surface area (Å²) in [5.74, 6) is 1.57. The number of anilines is 2. The van der Waals surface area contributed by atoms with Crippen LogP contribution in [0.3, 0.4) is 0 Å². The third-order valence-electron chi connectivity index (χ3n) is 5.56. The molecule has 1 aliphatic heterocycles. The molecule has 0 fully saturated rings. The first-order valence-electron chi connectivity index (χ1n) is 11.5. The van der Waals surface area contributed by atoms with Crippen molar-refractivity contribution < 1.29 is 14.3 Å². The Bertz CT molecular complexity index is 1270. The van der Waals surface area contributed by atoms with Gasteiger partial charge in [-0.25, -0.2) is 9.78 Å². The molecule has 0 unspecified atom stereocenters. The number of ether oxygens (including phenoxy) is 2. The second kappa shape index (κ2) is 9.63. The Morgan fingerprint density at radius 1 is 1.09 bits per heavy atom. The third kappa shape index (κ3) is 5.69. The summed E-state index contributed by atoms with van der Waals surface area (Å²) in [6.45, 7) is 10.3. The number of carbonyl (C=O) groups excluding carboxylic acids is 1. The zero-order valence-corrected chi connectivity index (χ0v) is 20.7. The molecule has 8 heteroatoms. The van der Waals surface area contributed by atoms with Crippen molar-refractivity contribution >= 4 is 17.7 Å². The number of nitriles is 1. The number of amides is 1. The molecule has 0 saturated heterocycles. The zero-order chi connectivity index (χ0) is 25.2. The maximum Gasteiger partial charge on any atom is 0.410 e. The van der Waals surface area contributed by atoms with Crippen LogP contribution in [-0.4, -0.2) is 33.1 Å². The number of benzene rings is 2. The van der Waals surface area contributed by atoms with Crippen molar-refractivity contribution in [1.29, 1.82) is 5.26 Å². The molecule has 1 aromatic heterocycles. The number of aryl methyl sites for hydroxylation is 2. The van der Waals surface area contributed by atoms with Crippen LogP contribution in [0.4, 0.5) is 16.4 Å². The van der Waals surface area contributed by atoms with Crippen molar-refractivity contribution in [3.63, 3.8) is 0 Å². The number of hydrogen-bond acceptors (Lipinski definition) is 7. The van der Waals surface area contributed by atoms with E-state index in [2.05, 4.69) is 16.4 Å². The third-order valence-corrected chi connectivity index (χ3v) is 5.56. The molecule has 8 nitrogen and oxygen atoms in total. The number of aromatic nitrogens is 2. The monoisotopic (exact) mass is 471 g/mol. The van der Waals surface area contributed by atoms with Gasteiger partial charge in [-0.2, -0.15) is 10.2 Å². The fourth-order valence-corrected chi connectivity index (χ4v) is 3.83. The van der Waals surface area contributed by atoms with Gasteiger partial charge in [0.25, 0.3) is 0 Å². The van der Waals surface area contributed by atoms with E-state index in [0.29, 0.717) is 36.1 Å². The minimum Gasteiger partial charge on any atom is -0.444 e. The number of nitrogens with zero attached hydrogens (tertiary/aromatic N) is 4. The predicted octanol–water partition coefficient (Wildman–Crippen LogP) is 5.79. The lowest BCUT2D eigenvalue weighted by Gasteiger charge is -2.31. The summed E-state index contributed by atoms with van der Waals surface area (Å²) in [5, 5.41) is 12.3. The summed E-state index contributed by atoms with van der Waals surface area (Å²) in [6, 6.07) is 15.1. The summed E-state index contributed by atoms with van der Waals surface area (Å²) >= 11 is 0. The maximum atomic E-state index is 12.7. The summed E-state index contributed by atoms with van der Waals surface area (Å²) < 4.78 is 11.9. The van der Waals surface area contributed by atoms with Crippen molar-refractivity contribution in [2.45, 2.75) is 53.2 Å². The van der Waals surface area contributed by atoms with Gasteiger partial charge in [0, 0.05) is 17.8 Å². The summed E-state index contributed by atoms with van der Waals surface area (Å²) in [7, 11) is 0. The summed E-state index contributed by atoms with van der Waals surface area (Å²) in [5.41, 5.74) is 4.31. The SMILES string of the molecule is Cc1cccc(C)c1Oc1nc(Nc2ccc(C#N)cc2)nc2c1CCN(C(=O)OC(C)(C)C)C2. The number of carbonyl (C=O) groups is 1. The zero-order valence-electron chi connectivity index (χ0n) is 20.7. The highest BCUT2D eigenvalue weighted by molar-refractivity contribution is 5.69. The first-order valence-corrected chi connectivity index (χ1v) is 11.5. The average Bonchev–Trinajstić information content (AvgIpc) is 2.80. The molecular weight excluding hydrogens is 442 g/mol. The number of fused-ring (bicyclic) bond motifs is 1. The fraction of sp³-hybridized carbons (Fsp3) is 0.333. The molecule has 0 spiro atoms. The normalized spacial score (nSPS) is 13.0. The topological polar surface area (TPSA) is 100 Å². The van der Waals surface area contributed by atoms with Crippen molar-refractivity contribution in [1.82, 2.24) is 14.9 Å². The lowest BCUT2D eigenvalue weighted by molar-refractivity contribution is 0.0220. The fourth-order valence-electron chi connectivity index (χ4n) is 3.83. The van der Waals surface area contributed by atoms with E-state index in [-0.39, 0.29) is 12.6 Å². The standard InChI is InChI=1S/C27H29N5O3/c1-17-7-6-8-18(2)23(17)34-24-21-13-14-32(26(33)35-27(3,4)5)16-22(21)30-25(31-24)29-20-11-9-19(15-28)10-12-20/h6-12H,13-14,16H2,1-5H3,(H,29,30,31).